The van der Waals surface area contributed by atoms with Gasteiger partial charge in [0.1, 0.15) is 5.69 Å². The van der Waals surface area contributed by atoms with Gasteiger partial charge in [-0.05, 0) is 26.0 Å². The lowest BCUT2D eigenvalue weighted by atomic mass is 10.2. The van der Waals surface area contributed by atoms with E-state index < -0.39 is 5.78 Å². The molecule has 0 saturated carbocycles. The molecule has 2 N–H and O–H groups in total. The molecule has 0 atom stereocenters. The highest BCUT2D eigenvalue weighted by molar-refractivity contribution is 7.99. The Hall–Kier alpha value is -2.05. The van der Waals surface area contributed by atoms with E-state index in [4.69, 9.17) is 4.84 Å². The Morgan fingerprint density at radius 1 is 1.38 bits per heavy atom. The van der Waals surface area contributed by atoms with E-state index in [0.29, 0.717) is 23.5 Å². The highest BCUT2D eigenvalue weighted by atomic mass is 32.2. The van der Waals surface area contributed by atoms with Crippen LogP contribution in [0.3, 0.4) is 0 Å². The van der Waals surface area contributed by atoms with Crippen molar-refractivity contribution in [1.29, 1.82) is 0 Å². The minimum Gasteiger partial charge on any atom is -0.355 e. The van der Waals surface area contributed by atoms with Crippen molar-refractivity contribution < 1.29 is 14.4 Å². The first kappa shape index (κ1) is 15.3. The summed E-state index contributed by atoms with van der Waals surface area (Å²) in [6, 6.07) is 7.91. The Morgan fingerprint density at radius 2 is 2.10 bits per heavy atom. The van der Waals surface area contributed by atoms with E-state index in [0.717, 1.165) is 10.5 Å². The number of anilines is 1. The maximum Gasteiger partial charge on any atom is 0.242 e. The first-order valence-electron chi connectivity index (χ1n) is 6.49. The normalized spacial score (nSPS) is 10.4. The Labute approximate surface area is 127 Å². The molecule has 0 aliphatic rings. The van der Waals surface area contributed by atoms with Gasteiger partial charge in [-0.1, -0.05) is 29.5 Å². The summed E-state index contributed by atoms with van der Waals surface area (Å²) in [5.41, 5.74) is 4.83. The van der Waals surface area contributed by atoms with Crippen LogP contribution in [0.5, 0.6) is 0 Å². The number of Topliss-reactive ketones (excluding diaryl/α,β-unsaturated/α-hetero) is 1. The molecule has 0 radical (unpaired) electrons. The average Bonchev–Trinajstić information content (AvgIpc) is 2.89. The van der Waals surface area contributed by atoms with Crippen LogP contribution in [0.15, 0.2) is 40.3 Å². The topological polar surface area (TPSA) is 71.2 Å². The molecule has 0 bridgehead atoms. The van der Waals surface area contributed by atoms with Crippen molar-refractivity contribution in [2.75, 3.05) is 12.1 Å². The van der Waals surface area contributed by atoms with Crippen LogP contribution >= 0.6 is 11.8 Å². The zero-order valence-corrected chi connectivity index (χ0v) is 12.6. The molecule has 110 valence electrons. The highest BCUT2D eigenvalue weighted by Crippen LogP contribution is 2.36. The van der Waals surface area contributed by atoms with Gasteiger partial charge in [-0.25, -0.2) is 0 Å². The van der Waals surface area contributed by atoms with E-state index in [2.05, 4.69) is 10.5 Å². The molecule has 0 spiro atoms. The Morgan fingerprint density at radius 3 is 2.71 bits per heavy atom. The molecule has 1 aromatic heterocycles. The third-order valence-electron chi connectivity index (χ3n) is 2.75. The number of rotatable bonds is 7. The first-order valence-corrected chi connectivity index (χ1v) is 7.30. The molecule has 0 amide bonds. The minimum atomic E-state index is -0.589. The van der Waals surface area contributed by atoms with Crippen LogP contribution in [0.2, 0.25) is 0 Å². The van der Waals surface area contributed by atoms with Crippen molar-refractivity contribution in [2.24, 2.45) is 0 Å². The first-order chi connectivity index (χ1) is 10.2. The highest BCUT2D eigenvalue weighted by Gasteiger charge is 2.18. The summed E-state index contributed by atoms with van der Waals surface area (Å²) in [4.78, 5) is 32.0. The number of aryl methyl sites for hydroxylation is 1. The predicted molar refractivity (Wildman–Crippen MR) is 81.7 cm³/mol. The Bertz CT molecular complexity index is 635. The van der Waals surface area contributed by atoms with Crippen molar-refractivity contribution >= 4 is 29.5 Å². The predicted octanol–water partition coefficient (Wildman–Crippen LogP) is 3.22. The van der Waals surface area contributed by atoms with Gasteiger partial charge in [0.15, 0.2) is 6.29 Å². The molecule has 0 fully saturated rings. The average molecular weight is 304 g/mol. The molecule has 1 aromatic carbocycles. The lowest BCUT2D eigenvalue weighted by Crippen LogP contribution is -2.03. The maximum atomic E-state index is 11.7. The van der Waals surface area contributed by atoms with Gasteiger partial charge >= 0.3 is 0 Å². The molecular formula is C15H16N2O3S. The summed E-state index contributed by atoms with van der Waals surface area (Å²) in [5.74, 6) is -0.589. The lowest BCUT2D eigenvalue weighted by molar-refractivity contribution is -0.104. The quantitative estimate of drug-likeness (QED) is 0.356. The van der Waals surface area contributed by atoms with Crippen LogP contribution in [-0.2, 0) is 9.63 Å². The van der Waals surface area contributed by atoms with Gasteiger partial charge in [0.05, 0.1) is 17.2 Å². The van der Waals surface area contributed by atoms with Crippen LogP contribution < -0.4 is 5.48 Å². The van der Waals surface area contributed by atoms with Crippen LogP contribution in [0.4, 0.5) is 5.69 Å². The van der Waals surface area contributed by atoms with Gasteiger partial charge in [-0.2, -0.15) is 0 Å². The SMILES string of the molecule is CCONc1c[nH]c(C(=O)C=O)c1Sc1ccc(C)cc1. The monoisotopic (exact) mass is 304 g/mol. The number of aldehydes is 1. The molecule has 21 heavy (non-hydrogen) atoms. The van der Waals surface area contributed by atoms with E-state index in [1.54, 1.807) is 6.20 Å². The van der Waals surface area contributed by atoms with Crippen molar-refractivity contribution in [3.05, 3.63) is 41.7 Å². The van der Waals surface area contributed by atoms with Gasteiger partial charge in [0, 0.05) is 11.1 Å². The Balaban J connectivity index is 2.33. The second-order valence-electron chi connectivity index (χ2n) is 4.34. The van der Waals surface area contributed by atoms with E-state index >= 15 is 0 Å². The largest absolute Gasteiger partial charge is 0.355 e. The third kappa shape index (κ3) is 3.74. The molecule has 0 saturated heterocycles. The summed E-state index contributed by atoms with van der Waals surface area (Å²) in [6.45, 7) is 4.34. The summed E-state index contributed by atoms with van der Waals surface area (Å²) in [5, 5.41) is 0. The van der Waals surface area contributed by atoms with Crippen molar-refractivity contribution in [3.8, 4) is 0 Å². The van der Waals surface area contributed by atoms with Crippen LogP contribution in [0.1, 0.15) is 23.0 Å². The molecule has 0 aliphatic carbocycles. The van der Waals surface area contributed by atoms with Gasteiger partial charge in [0.2, 0.25) is 5.78 Å². The molecule has 2 rings (SSSR count). The zero-order valence-electron chi connectivity index (χ0n) is 11.8. The number of H-pyrrole nitrogens is 1. The Kier molecular flexibility index (Phi) is 5.19. The van der Waals surface area contributed by atoms with Gasteiger partial charge in [-0.3, -0.25) is 19.9 Å². The smallest absolute Gasteiger partial charge is 0.242 e. The molecule has 1 heterocycles. The second kappa shape index (κ2) is 7.10. The number of ketones is 1. The fraction of sp³-hybridized carbons (Fsp3) is 0.200. The third-order valence-corrected chi connectivity index (χ3v) is 3.89. The van der Waals surface area contributed by atoms with Crippen LogP contribution in [0, 0.1) is 6.92 Å². The van der Waals surface area contributed by atoms with E-state index in [-0.39, 0.29) is 5.69 Å². The summed E-state index contributed by atoms with van der Waals surface area (Å²) < 4.78 is 0. The molecule has 0 aliphatic heterocycles. The van der Waals surface area contributed by atoms with E-state index in [9.17, 15) is 9.59 Å². The second-order valence-corrected chi connectivity index (χ2v) is 5.42. The fourth-order valence-corrected chi connectivity index (χ4v) is 2.69. The minimum absolute atomic E-state index is 0.262. The number of carbonyl (C=O) groups excluding carboxylic acids is 2. The van der Waals surface area contributed by atoms with Crippen molar-refractivity contribution in [1.82, 2.24) is 4.98 Å². The van der Waals surface area contributed by atoms with E-state index in [1.165, 1.54) is 11.8 Å². The van der Waals surface area contributed by atoms with Crippen molar-refractivity contribution in [3.63, 3.8) is 0 Å². The molecule has 0 unspecified atom stereocenters. The number of aromatic nitrogens is 1. The van der Waals surface area contributed by atoms with Gasteiger partial charge < -0.3 is 4.98 Å². The maximum absolute atomic E-state index is 11.7. The van der Waals surface area contributed by atoms with Crippen LogP contribution in [0.25, 0.3) is 0 Å². The fourth-order valence-electron chi connectivity index (χ4n) is 1.71. The molecule has 5 nitrogen and oxygen atoms in total. The number of aromatic amines is 1. The number of hydrogen-bond donors (Lipinski definition) is 2. The van der Waals surface area contributed by atoms with Crippen LogP contribution in [-0.4, -0.2) is 23.7 Å². The van der Waals surface area contributed by atoms with Crippen molar-refractivity contribution in [2.45, 2.75) is 23.6 Å². The number of carbonyl (C=O) groups is 2. The van der Waals surface area contributed by atoms with Gasteiger partial charge in [-0.15, -0.1) is 0 Å². The lowest BCUT2D eigenvalue weighted by Gasteiger charge is -2.07. The zero-order chi connectivity index (χ0) is 15.2. The van der Waals surface area contributed by atoms with E-state index in [1.807, 2.05) is 38.1 Å². The number of benzene rings is 1. The van der Waals surface area contributed by atoms with Gasteiger partial charge in [0.25, 0.3) is 0 Å². The molecule has 6 heteroatoms. The summed E-state index contributed by atoms with van der Waals surface area (Å²) in [6.07, 6.45) is 1.92. The number of nitrogens with one attached hydrogen (secondary N) is 2. The summed E-state index contributed by atoms with van der Waals surface area (Å²) >= 11 is 1.40. The summed E-state index contributed by atoms with van der Waals surface area (Å²) in [7, 11) is 0. The number of hydrogen-bond acceptors (Lipinski definition) is 5. The standard InChI is InChI=1S/C15H16N2O3S/c1-3-20-17-12-8-16-14(13(19)9-18)15(12)21-11-6-4-10(2)5-7-11/h4-9,16-17H,3H2,1-2H3. The molecular weight excluding hydrogens is 288 g/mol. The molecule has 2 aromatic rings.